The molecule has 0 radical (unpaired) electrons. The summed E-state index contributed by atoms with van der Waals surface area (Å²) in [6.45, 7) is 0.378. The Hall–Kier alpha value is -4.02. The minimum atomic E-state index is -0.399. The second-order valence-corrected chi connectivity index (χ2v) is 8.80. The molecule has 0 bridgehead atoms. The summed E-state index contributed by atoms with van der Waals surface area (Å²) < 4.78 is 13.1. The summed E-state index contributed by atoms with van der Waals surface area (Å²) in [5.74, 6) is -0.849. The smallest absolute Gasteiger partial charge is 0.255 e. The average Bonchev–Trinajstić information content (AvgIpc) is 2.89. The standard InChI is InChI=1S/C28H27FN4O2/c29-23-13-11-21(12-14-23)27(34)32-24-15-7-20(8-16-24)18-33(26-4-2-1-3-25(26)31)28(35)22-9-5-19(17-30)6-10-22/h5-16,25-26H,1-4,18,31H2,(H,32,34). The van der Waals surface area contributed by atoms with E-state index in [9.17, 15) is 14.0 Å². The van der Waals surface area contributed by atoms with E-state index in [1.165, 1.54) is 24.3 Å². The summed E-state index contributed by atoms with van der Waals surface area (Å²) >= 11 is 0. The van der Waals surface area contributed by atoms with E-state index < -0.39 is 5.82 Å². The van der Waals surface area contributed by atoms with Gasteiger partial charge in [0, 0.05) is 35.4 Å². The molecule has 2 amide bonds. The summed E-state index contributed by atoms with van der Waals surface area (Å²) in [6, 6.07) is 21.2. The summed E-state index contributed by atoms with van der Waals surface area (Å²) in [5, 5.41) is 11.9. The van der Waals surface area contributed by atoms with Crippen molar-refractivity contribution in [2.75, 3.05) is 5.32 Å². The van der Waals surface area contributed by atoms with E-state index >= 15 is 0 Å². The molecule has 3 N–H and O–H groups in total. The van der Waals surface area contributed by atoms with Crippen LogP contribution in [0.25, 0.3) is 0 Å². The van der Waals surface area contributed by atoms with Gasteiger partial charge in [-0.2, -0.15) is 5.26 Å². The number of carbonyl (C=O) groups is 2. The first kappa shape index (κ1) is 24.1. The van der Waals surface area contributed by atoms with Gasteiger partial charge < -0.3 is 16.0 Å². The molecule has 0 saturated heterocycles. The maximum atomic E-state index is 13.5. The van der Waals surface area contributed by atoms with Crippen molar-refractivity contribution in [2.24, 2.45) is 5.73 Å². The fourth-order valence-corrected chi connectivity index (χ4v) is 4.41. The Balaban J connectivity index is 1.51. The SMILES string of the molecule is N#Cc1ccc(C(=O)N(Cc2ccc(NC(=O)c3ccc(F)cc3)cc2)C2CCCCC2N)cc1. The van der Waals surface area contributed by atoms with E-state index in [0.29, 0.717) is 28.9 Å². The molecule has 3 aromatic rings. The summed E-state index contributed by atoms with van der Waals surface area (Å²) in [4.78, 5) is 27.7. The van der Waals surface area contributed by atoms with E-state index in [1.54, 1.807) is 36.4 Å². The van der Waals surface area contributed by atoms with Crippen molar-refractivity contribution in [1.29, 1.82) is 5.26 Å². The lowest BCUT2D eigenvalue weighted by Gasteiger charge is -2.38. The van der Waals surface area contributed by atoms with Crippen LogP contribution < -0.4 is 11.1 Å². The highest BCUT2D eigenvalue weighted by molar-refractivity contribution is 6.04. The van der Waals surface area contributed by atoms with Gasteiger partial charge in [0.1, 0.15) is 5.82 Å². The van der Waals surface area contributed by atoms with E-state index in [2.05, 4.69) is 11.4 Å². The lowest BCUT2D eigenvalue weighted by Crippen LogP contribution is -2.51. The second kappa shape index (κ2) is 10.9. The van der Waals surface area contributed by atoms with E-state index in [4.69, 9.17) is 11.0 Å². The van der Waals surface area contributed by atoms with Gasteiger partial charge in [-0.15, -0.1) is 0 Å². The highest BCUT2D eigenvalue weighted by Gasteiger charge is 2.31. The number of nitrogens with zero attached hydrogens (tertiary/aromatic N) is 2. The van der Waals surface area contributed by atoms with Crippen molar-refractivity contribution in [3.8, 4) is 6.07 Å². The fourth-order valence-electron chi connectivity index (χ4n) is 4.41. The Labute approximate surface area is 204 Å². The molecular weight excluding hydrogens is 443 g/mol. The zero-order valence-corrected chi connectivity index (χ0v) is 19.3. The van der Waals surface area contributed by atoms with Crippen LogP contribution in [-0.4, -0.2) is 28.8 Å². The monoisotopic (exact) mass is 470 g/mol. The predicted octanol–water partition coefficient (Wildman–Crippen LogP) is 4.86. The molecule has 1 aliphatic carbocycles. The van der Waals surface area contributed by atoms with Crippen LogP contribution in [0.15, 0.2) is 72.8 Å². The van der Waals surface area contributed by atoms with E-state index in [1.807, 2.05) is 17.0 Å². The Morgan fingerprint density at radius 2 is 1.57 bits per heavy atom. The number of benzene rings is 3. The molecule has 2 unspecified atom stereocenters. The van der Waals surface area contributed by atoms with Crippen molar-refractivity contribution in [2.45, 2.75) is 44.3 Å². The maximum absolute atomic E-state index is 13.5. The van der Waals surface area contributed by atoms with Crippen LogP contribution in [0, 0.1) is 17.1 Å². The molecular formula is C28H27FN4O2. The van der Waals surface area contributed by atoms with Gasteiger partial charge in [-0.25, -0.2) is 4.39 Å². The number of amides is 2. The molecule has 0 spiro atoms. The summed E-state index contributed by atoms with van der Waals surface area (Å²) in [5.41, 5.74) is 9.32. The molecule has 1 aliphatic rings. The highest BCUT2D eigenvalue weighted by Crippen LogP contribution is 2.26. The topological polar surface area (TPSA) is 99.2 Å². The molecule has 4 rings (SSSR count). The van der Waals surface area contributed by atoms with Gasteiger partial charge in [-0.05, 0) is 79.1 Å². The first-order valence-corrected chi connectivity index (χ1v) is 11.7. The van der Waals surface area contributed by atoms with Crippen molar-refractivity contribution >= 4 is 17.5 Å². The minimum absolute atomic E-state index is 0.0789. The van der Waals surface area contributed by atoms with Gasteiger partial charge in [0.25, 0.3) is 11.8 Å². The van der Waals surface area contributed by atoms with Crippen LogP contribution >= 0.6 is 0 Å². The second-order valence-electron chi connectivity index (χ2n) is 8.80. The highest BCUT2D eigenvalue weighted by atomic mass is 19.1. The number of hydrogen-bond donors (Lipinski definition) is 2. The Morgan fingerprint density at radius 1 is 0.943 bits per heavy atom. The number of nitriles is 1. The van der Waals surface area contributed by atoms with Crippen LogP contribution in [0.4, 0.5) is 10.1 Å². The number of nitrogens with one attached hydrogen (secondary N) is 1. The number of carbonyl (C=O) groups excluding carboxylic acids is 2. The Bertz CT molecular complexity index is 1220. The quantitative estimate of drug-likeness (QED) is 0.537. The van der Waals surface area contributed by atoms with Gasteiger partial charge in [-0.3, -0.25) is 9.59 Å². The summed E-state index contributed by atoms with van der Waals surface area (Å²) in [6.07, 6.45) is 3.79. The molecule has 0 aromatic heterocycles. The molecule has 178 valence electrons. The van der Waals surface area contributed by atoms with Crippen molar-refractivity contribution in [3.05, 3.63) is 101 Å². The number of halogens is 1. The first-order valence-electron chi connectivity index (χ1n) is 11.7. The van der Waals surface area contributed by atoms with Crippen molar-refractivity contribution in [1.82, 2.24) is 4.90 Å². The number of hydrogen-bond acceptors (Lipinski definition) is 4. The van der Waals surface area contributed by atoms with Gasteiger partial charge in [0.15, 0.2) is 0 Å². The lowest BCUT2D eigenvalue weighted by molar-refractivity contribution is 0.0583. The zero-order chi connectivity index (χ0) is 24.8. The fraction of sp³-hybridized carbons (Fsp3) is 0.250. The Morgan fingerprint density at radius 3 is 2.20 bits per heavy atom. The third-order valence-electron chi connectivity index (χ3n) is 6.37. The number of rotatable bonds is 6. The van der Waals surface area contributed by atoms with Gasteiger partial charge in [0.2, 0.25) is 0 Å². The van der Waals surface area contributed by atoms with E-state index in [0.717, 1.165) is 31.2 Å². The third kappa shape index (κ3) is 5.92. The molecule has 1 saturated carbocycles. The normalized spacial score (nSPS) is 17.3. The molecule has 0 aliphatic heterocycles. The Kier molecular flexibility index (Phi) is 7.54. The number of nitrogens with two attached hydrogens (primary N) is 1. The van der Waals surface area contributed by atoms with Crippen LogP contribution in [0.1, 0.15) is 57.5 Å². The van der Waals surface area contributed by atoms with Crippen LogP contribution in [0.3, 0.4) is 0 Å². The first-order chi connectivity index (χ1) is 16.9. The predicted molar refractivity (Wildman–Crippen MR) is 132 cm³/mol. The number of anilines is 1. The molecule has 0 heterocycles. The van der Waals surface area contributed by atoms with Crippen LogP contribution in [0.5, 0.6) is 0 Å². The van der Waals surface area contributed by atoms with Gasteiger partial charge in [-0.1, -0.05) is 25.0 Å². The maximum Gasteiger partial charge on any atom is 0.255 e. The van der Waals surface area contributed by atoms with E-state index in [-0.39, 0.29) is 23.9 Å². The van der Waals surface area contributed by atoms with Crippen molar-refractivity contribution < 1.29 is 14.0 Å². The third-order valence-corrected chi connectivity index (χ3v) is 6.37. The van der Waals surface area contributed by atoms with Crippen molar-refractivity contribution in [3.63, 3.8) is 0 Å². The molecule has 6 nitrogen and oxygen atoms in total. The molecule has 1 fully saturated rings. The molecule has 3 aromatic carbocycles. The average molecular weight is 471 g/mol. The van der Waals surface area contributed by atoms with Crippen LogP contribution in [0.2, 0.25) is 0 Å². The largest absolute Gasteiger partial charge is 0.330 e. The summed E-state index contributed by atoms with van der Waals surface area (Å²) in [7, 11) is 0. The molecule has 35 heavy (non-hydrogen) atoms. The zero-order valence-electron chi connectivity index (χ0n) is 19.3. The van der Waals surface area contributed by atoms with Crippen LogP contribution in [-0.2, 0) is 6.54 Å². The lowest BCUT2D eigenvalue weighted by atomic mass is 9.89. The molecule has 2 atom stereocenters. The van der Waals surface area contributed by atoms with Gasteiger partial charge >= 0.3 is 0 Å². The van der Waals surface area contributed by atoms with Gasteiger partial charge in [0.05, 0.1) is 11.6 Å². The molecule has 7 heteroatoms. The minimum Gasteiger partial charge on any atom is -0.330 e.